The lowest BCUT2D eigenvalue weighted by molar-refractivity contribution is -0.0492. The molecule has 7 heteroatoms. The normalized spacial score (nSPS) is 17.0. The highest BCUT2D eigenvalue weighted by Crippen LogP contribution is 2.31. The van der Waals surface area contributed by atoms with Gasteiger partial charge < -0.3 is 0 Å². The topological polar surface area (TPSA) is 37.4 Å². The molecule has 0 atom stereocenters. The zero-order chi connectivity index (χ0) is 15.8. The van der Waals surface area contributed by atoms with Crippen molar-refractivity contribution in [3.05, 3.63) is 34.9 Å². The molecule has 0 saturated heterocycles. The fourth-order valence-corrected chi connectivity index (χ4v) is 3.47. The number of sulfonamides is 1. The van der Waals surface area contributed by atoms with Gasteiger partial charge in [0, 0.05) is 13.1 Å². The van der Waals surface area contributed by atoms with Crippen molar-refractivity contribution < 1.29 is 21.6 Å². The molecule has 0 amide bonds. The molecular weight excluding hydrogens is 303 g/mol. The number of hydrogen-bond acceptors (Lipinski definition) is 2. The van der Waals surface area contributed by atoms with Crippen LogP contribution in [0.15, 0.2) is 18.2 Å². The summed E-state index contributed by atoms with van der Waals surface area (Å²) in [7, 11) is -5.24. The maximum atomic E-state index is 12.6. The van der Waals surface area contributed by atoms with E-state index in [1.54, 1.807) is 0 Å². The largest absolute Gasteiger partial charge is 0.511 e. The van der Waals surface area contributed by atoms with Gasteiger partial charge in [-0.05, 0) is 35.4 Å². The van der Waals surface area contributed by atoms with Crippen LogP contribution in [0.2, 0.25) is 0 Å². The molecule has 0 aliphatic carbocycles. The quantitative estimate of drug-likeness (QED) is 0.858. The Kier molecular flexibility index (Phi) is 4.35. The molecule has 3 nitrogen and oxygen atoms in total. The van der Waals surface area contributed by atoms with Gasteiger partial charge in [0.15, 0.2) is 0 Å². The number of hydrogen-bond donors (Lipinski definition) is 0. The van der Waals surface area contributed by atoms with Gasteiger partial charge in [-0.15, -0.1) is 0 Å². The van der Waals surface area contributed by atoms with Crippen LogP contribution in [0, 0.1) is 5.92 Å². The first-order valence-electron chi connectivity index (χ1n) is 6.78. The van der Waals surface area contributed by atoms with Gasteiger partial charge in [0.25, 0.3) is 0 Å². The highest BCUT2D eigenvalue weighted by Gasteiger charge is 2.50. The van der Waals surface area contributed by atoms with Crippen molar-refractivity contribution in [2.45, 2.75) is 38.7 Å². The molecule has 0 fully saturated rings. The molecule has 2 rings (SSSR count). The van der Waals surface area contributed by atoms with E-state index in [4.69, 9.17) is 0 Å². The van der Waals surface area contributed by atoms with Gasteiger partial charge in [-0.1, -0.05) is 32.0 Å². The molecule has 0 radical (unpaired) electrons. The van der Waals surface area contributed by atoms with Crippen LogP contribution in [0.25, 0.3) is 0 Å². The molecule has 0 saturated carbocycles. The van der Waals surface area contributed by atoms with Crippen LogP contribution in [0.4, 0.5) is 13.2 Å². The minimum atomic E-state index is -5.24. The highest BCUT2D eigenvalue weighted by molar-refractivity contribution is 7.89. The van der Waals surface area contributed by atoms with E-state index in [0.29, 0.717) is 22.2 Å². The van der Waals surface area contributed by atoms with Gasteiger partial charge in [-0.25, -0.2) is 8.42 Å². The summed E-state index contributed by atoms with van der Waals surface area (Å²) in [6.07, 6.45) is 1.13. The van der Waals surface area contributed by atoms with Gasteiger partial charge in [0.2, 0.25) is 0 Å². The lowest BCUT2D eigenvalue weighted by Crippen LogP contribution is -2.43. The fraction of sp³-hybridized carbons (Fsp3) is 0.571. The molecule has 0 spiro atoms. The molecule has 0 aromatic heterocycles. The number of fused-ring (bicyclic) bond motifs is 1. The van der Waals surface area contributed by atoms with Crippen LogP contribution in [0.1, 0.15) is 30.5 Å². The third kappa shape index (κ3) is 3.40. The van der Waals surface area contributed by atoms with Crippen molar-refractivity contribution in [1.29, 1.82) is 0 Å². The molecule has 1 aromatic rings. The predicted octanol–water partition coefficient (Wildman–Crippen LogP) is 3.09. The first-order chi connectivity index (χ1) is 9.61. The van der Waals surface area contributed by atoms with Crippen molar-refractivity contribution in [2.75, 3.05) is 6.54 Å². The number of benzene rings is 1. The first-order valence-corrected chi connectivity index (χ1v) is 8.22. The molecule has 1 heterocycles. The minimum Gasteiger partial charge on any atom is -0.203 e. The second-order valence-corrected chi connectivity index (χ2v) is 7.66. The molecule has 1 aromatic carbocycles. The maximum absolute atomic E-state index is 12.6. The Balaban J connectivity index is 2.27. The van der Waals surface area contributed by atoms with E-state index >= 15 is 0 Å². The molecule has 0 bridgehead atoms. The van der Waals surface area contributed by atoms with E-state index in [1.807, 2.05) is 18.2 Å². The lowest BCUT2D eigenvalue weighted by Gasteiger charge is -2.29. The fourth-order valence-electron chi connectivity index (χ4n) is 2.53. The lowest BCUT2D eigenvalue weighted by atomic mass is 9.95. The number of nitrogens with zero attached hydrogens (tertiary/aromatic N) is 1. The Labute approximate surface area is 122 Å². The summed E-state index contributed by atoms with van der Waals surface area (Å²) in [5.74, 6) is 0.432. The van der Waals surface area contributed by atoms with E-state index in [-0.39, 0.29) is 13.1 Å². The maximum Gasteiger partial charge on any atom is 0.511 e. The van der Waals surface area contributed by atoms with Crippen LogP contribution < -0.4 is 0 Å². The second-order valence-electron chi connectivity index (χ2n) is 5.74. The van der Waals surface area contributed by atoms with E-state index in [9.17, 15) is 21.6 Å². The molecule has 1 aliphatic heterocycles. The van der Waals surface area contributed by atoms with Crippen molar-refractivity contribution >= 4 is 10.0 Å². The van der Waals surface area contributed by atoms with Crippen LogP contribution >= 0.6 is 0 Å². The molecule has 118 valence electrons. The summed E-state index contributed by atoms with van der Waals surface area (Å²) in [5, 5.41) is 0. The Morgan fingerprint density at radius 3 is 2.48 bits per heavy atom. The summed E-state index contributed by atoms with van der Waals surface area (Å²) < 4.78 is 61.3. The predicted molar refractivity (Wildman–Crippen MR) is 74.1 cm³/mol. The Hall–Kier alpha value is -1.08. The third-order valence-corrected chi connectivity index (χ3v) is 5.10. The summed E-state index contributed by atoms with van der Waals surface area (Å²) in [5.41, 5.74) is -2.61. The molecular formula is C14H18F3NO2S. The molecule has 0 unspecified atom stereocenters. The second kappa shape index (κ2) is 5.61. The van der Waals surface area contributed by atoms with Gasteiger partial charge >= 0.3 is 15.5 Å². The van der Waals surface area contributed by atoms with Gasteiger partial charge in [0.1, 0.15) is 0 Å². The van der Waals surface area contributed by atoms with Gasteiger partial charge in [0.05, 0.1) is 0 Å². The summed E-state index contributed by atoms with van der Waals surface area (Å²) in [6.45, 7) is 3.78. The van der Waals surface area contributed by atoms with Crippen molar-refractivity contribution in [2.24, 2.45) is 5.92 Å². The summed E-state index contributed by atoms with van der Waals surface area (Å²) in [4.78, 5) is 0. The molecule has 0 N–H and O–H groups in total. The average Bonchev–Trinajstić information content (AvgIpc) is 2.35. The van der Waals surface area contributed by atoms with Crippen LogP contribution in [0.5, 0.6) is 0 Å². The van der Waals surface area contributed by atoms with Crippen molar-refractivity contribution in [3.8, 4) is 0 Å². The standard InChI is InChI=1S/C14H18F3NO2S/c1-10(2)7-11-3-4-12-5-6-18(9-13(12)8-11)21(19,20)14(15,16)17/h3-4,8,10H,5-7,9H2,1-2H3. The monoisotopic (exact) mass is 321 g/mol. The van der Waals surface area contributed by atoms with Crippen LogP contribution in [-0.2, 0) is 29.4 Å². The highest BCUT2D eigenvalue weighted by atomic mass is 32.2. The zero-order valence-electron chi connectivity index (χ0n) is 11.9. The molecule has 1 aliphatic rings. The number of alkyl halides is 3. The minimum absolute atomic E-state index is 0.127. The van der Waals surface area contributed by atoms with E-state index < -0.39 is 15.5 Å². The third-order valence-electron chi connectivity index (χ3n) is 3.52. The van der Waals surface area contributed by atoms with Crippen LogP contribution in [-0.4, -0.2) is 24.8 Å². The van der Waals surface area contributed by atoms with E-state index in [1.165, 1.54) is 0 Å². The van der Waals surface area contributed by atoms with Gasteiger partial charge in [-0.3, -0.25) is 0 Å². The number of rotatable bonds is 3. The average molecular weight is 321 g/mol. The SMILES string of the molecule is CC(C)Cc1ccc2c(c1)CN(S(=O)(=O)C(F)(F)F)CC2. The Bertz CT molecular complexity index is 624. The van der Waals surface area contributed by atoms with Crippen LogP contribution in [0.3, 0.4) is 0 Å². The Morgan fingerprint density at radius 1 is 1.24 bits per heavy atom. The summed E-state index contributed by atoms with van der Waals surface area (Å²) in [6, 6.07) is 5.69. The van der Waals surface area contributed by atoms with Crippen molar-refractivity contribution in [1.82, 2.24) is 4.31 Å². The zero-order valence-corrected chi connectivity index (χ0v) is 12.8. The van der Waals surface area contributed by atoms with Crippen molar-refractivity contribution in [3.63, 3.8) is 0 Å². The number of halogens is 3. The van der Waals surface area contributed by atoms with E-state index in [2.05, 4.69) is 13.8 Å². The van der Waals surface area contributed by atoms with Gasteiger partial charge in [-0.2, -0.15) is 17.5 Å². The summed E-state index contributed by atoms with van der Waals surface area (Å²) >= 11 is 0. The first kappa shape index (κ1) is 16.3. The Morgan fingerprint density at radius 2 is 1.90 bits per heavy atom. The molecule has 21 heavy (non-hydrogen) atoms. The van der Waals surface area contributed by atoms with E-state index in [0.717, 1.165) is 17.5 Å². The smallest absolute Gasteiger partial charge is 0.203 e.